The van der Waals surface area contributed by atoms with Gasteiger partial charge >= 0.3 is 0 Å². The molecule has 3 aromatic rings. The molecule has 2 heterocycles. The molecule has 0 fully saturated rings. The standard InChI is InChI=1S/C21H19N3O/c22-13-18-16-9-4-5-10-17(16)20(19-11-6-12-25-19)24-21(18)23-14-15-7-2-1-3-8-15/h1-3,6-8,11-12H,4-5,9-10,14H2,(H,23,24)/p+1. The van der Waals surface area contributed by atoms with Gasteiger partial charge in [-0.25, -0.2) is 4.98 Å². The maximum absolute atomic E-state index is 9.76. The predicted molar refractivity (Wildman–Crippen MR) is 95.8 cm³/mol. The summed E-state index contributed by atoms with van der Waals surface area (Å²) in [6.07, 6.45) is 5.89. The molecule has 1 aromatic carbocycles. The summed E-state index contributed by atoms with van der Waals surface area (Å²) in [5.41, 5.74) is 5.30. The van der Waals surface area contributed by atoms with Gasteiger partial charge in [0, 0.05) is 5.56 Å². The van der Waals surface area contributed by atoms with Crippen LogP contribution in [0.15, 0.2) is 53.1 Å². The van der Waals surface area contributed by atoms with Crippen molar-refractivity contribution in [3.05, 3.63) is 71.0 Å². The highest BCUT2D eigenvalue weighted by Crippen LogP contribution is 2.33. The number of aromatic amines is 1. The van der Waals surface area contributed by atoms with Gasteiger partial charge in [-0.05, 0) is 48.9 Å². The highest BCUT2D eigenvalue weighted by Gasteiger charge is 2.27. The fraction of sp³-hybridized carbons (Fsp3) is 0.238. The summed E-state index contributed by atoms with van der Waals surface area (Å²) >= 11 is 0. The lowest BCUT2D eigenvalue weighted by molar-refractivity contribution is -0.350. The number of nitriles is 1. The van der Waals surface area contributed by atoms with Crippen molar-refractivity contribution in [3.63, 3.8) is 0 Å². The molecule has 1 aliphatic carbocycles. The second kappa shape index (κ2) is 6.82. The number of fused-ring (bicyclic) bond motifs is 1. The van der Waals surface area contributed by atoms with E-state index in [9.17, 15) is 5.26 Å². The maximum atomic E-state index is 9.76. The molecule has 0 amide bonds. The van der Waals surface area contributed by atoms with Crippen LogP contribution in [0.25, 0.3) is 11.5 Å². The van der Waals surface area contributed by atoms with Crippen molar-refractivity contribution in [2.75, 3.05) is 5.32 Å². The van der Waals surface area contributed by atoms with Crippen LogP contribution in [0.1, 0.15) is 35.1 Å². The minimum absolute atomic E-state index is 0.669. The molecule has 4 heteroatoms. The summed E-state index contributed by atoms with van der Waals surface area (Å²) < 4.78 is 5.63. The molecule has 1 aliphatic rings. The summed E-state index contributed by atoms with van der Waals surface area (Å²) in [5.74, 6) is 1.60. The van der Waals surface area contributed by atoms with Gasteiger partial charge in [0.25, 0.3) is 5.82 Å². The van der Waals surface area contributed by atoms with E-state index < -0.39 is 0 Å². The van der Waals surface area contributed by atoms with Crippen molar-refractivity contribution in [1.82, 2.24) is 0 Å². The summed E-state index contributed by atoms with van der Waals surface area (Å²) in [6.45, 7) is 0.669. The quantitative estimate of drug-likeness (QED) is 0.782. The Morgan fingerprint density at radius 3 is 2.56 bits per heavy atom. The minimum atomic E-state index is 0.669. The SMILES string of the molecule is N#Cc1c(NCc2ccccc2)[nH+]c(-c2ccco2)c2c1CCCC2. The molecule has 0 saturated carbocycles. The average molecular weight is 330 g/mol. The van der Waals surface area contributed by atoms with Gasteiger partial charge in [-0.3, -0.25) is 5.32 Å². The van der Waals surface area contributed by atoms with Crippen LogP contribution >= 0.6 is 0 Å². The van der Waals surface area contributed by atoms with Gasteiger partial charge in [0.15, 0.2) is 11.5 Å². The van der Waals surface area contributed by atoms with E-state index in [4.69, 9.17) is 4.42 Å². The Morgan fingerprint density at radius 1 is 1.04 bits per heavy atom. The van der Waals surface area contributed by atoms with Crippen LogP contribution < -0.4 is 10.3 Å². The Hall–Kier alpha value is -3.06. The molecular weight excluding hydrogens is 310 g/mol. The van der Waals surface area contributed by atoms with E-state index in [0.717, 1.165) is 54.1 Å². The Bertz CT molecular complexity index is 909. The fourth-order valence-electron chi connectivity index (χ4n) is 3.54. The van der Waals surface area contributed by atoms with Crippen molar-refractivity contribution < 1.29 is 9.40 Å². The van der Waals surface area contributed by atoms with E-state index in [1.165, 1.54) is 11.1 Å². The summed E-state index contributed by atoms with van der Waals surface area (Å²) in [4.78, 5) is 3.44. The van der Waals surface area contributed by atoms with Crippen LogP contribution in [0.5, 0.6) is 0 Å². The Labute approximate surface area is 147 Å². The molecule has 4 rings (SSSR count). The van der Waals surface area contributed by atoms with Gasteiger partial charge in [0.2, 0.25) is 0 Å². The second-order valence-electron chi connectivity index (χ2n) is 6.34. The van der Waals surface area contributed by atoms with Crippen LogP contribution in [-0.4, -0.2) is 0 Å². The van der Waals surface area contributed by atoms with Gasteiger partial charge in [0.05, 0.1) is 6.26 Å². The van der Waals surface area contributed by atoms with Crippen LogP contribution in [0, 0.1) is 11.3 Å². The van der Waals surface area contributed by atoms with Crippen molar-refractivity contribution in [1.29, 1.82) is 5.26 Å². The normalized spacial score (nSPS) is 13.1. The number of nitrogens with one attached hydrogen (secondary N) is 2. The minimum Gasteiger partial charge on any atom is -0.461 e. The first-order valence-corrected chi connectivity index (χ1v) is 8.69. The topological polar surface area (TPSA) is 63.1 Å². The Kier molecular flexibility index (Phi) is 4.22. The van der Waals surface area contributed by atoms with E-state index in [0.29, 0.717) is 6.54 Å². The van der Waals surface area contributed by atoms with Gasteiger partial charge in [-0.2, -0.15) is 5.26 Å². The molecule has 0 saturated heterocycles. The third kappa shape index (κ3) is 3.01. The largest absolute Gasteiger partial charge is 0.461 e. The molecule has 4 nitrogen and oxygen atoms in total. The molecule has 2 N–H and O–H groups in total. The van der Waals surface area contributed by atoms with Crippen molar-refractivity contribution in [2.45, 2.75) is 32.2 Å². The first-order valence-electron chi connectivity index (χ1n) is 8.69. The summed E-state index contributed by atoms with van der Waals surface area (Å²) in [6, 6.07) is 16.5. The zero-order valence-corrected chi connectivity index (χ0v) is 14.0. The number of hydrogen-bond acceptors (Lipinski definition) is 3. The van der Waals surface area contributed by atoms with E-state index in [-0.39, 0.29) is 0 Å². The number of hydrogen-bond donors (Lipinski definition) is 1. The van der Waals surface area contributed by atoms with Crippen molar-refractivity contribution >= 4 is 5.82 Å². The molecule has 0 spiro atoms. The molecule has 124 valence electrons. The molecule has 0 radical (unpaired) electrons. The molecule has 0 aliphatic heterocycles. The number of pyridine rings is 1. The van der Waals surface area contributed by atoms with Gasteiger partial charge in [0.1, 0.15) is 18.2 Å². The molecule has 0 unspecified atom stereocenters. The highest BCUT2D eigenvalue weighted by molar-refractivity contribution is 5.64. The number of rotatable bonds is 4. The van der Waals surface area contributed by atoms with E-state index in [1.54, 1.807) is 6.26 Å². The molecule has 25 heavy (non-hydrogen) atoms. The van der Waals surface area contributed by atoms with Gasteiger partial charge in [-0.1, -0.05) is 30.3 Å². The second-order valence-corrected chi connectivity index (χ2v) is 6.34. The number of anilines is 1. The molecule has 0 bridgehead atoms. The molecule has 0 atom stereocenters. The van der Waals surface area contributed by atoms with Crippen molar-refractivity contribution in [2.24, 2.45) is 0 Å². The predicted octanol–water partition coefficient (Wildman–Crippen LogP) is 4.12. The third-order valence-corrected chi connectivity index (χ3v) is 4.76. The van der Waals surface area contributed by atoms with Crippen LogP contribution in [-0.2, 0) is 19.4 Å². The van der Waals surface area contributed by atoms with Crippen molar-refractivity contribution in [3.8, 4) is 17.5 Å². The lowest BCUT2D eigenvalue weighted by atomic mass is 9.87. The fourth-order valence-corrected chi connectivity index (χ4v) is 3.54. The Balaban J connectivity index is 1.77. The highest BCUT2D eigenvalue weighted by atomic mass is 16.3. The molecule has 2 aromatic heterocycles. The first-order chi connectivity index (χ1) is 12.4. The first kappa shape index (κ1) is 15.5. The number of benzene rings is 1. The lowest BCUT2D eigenvalue weighted by Crippen LogP contribution is -2.23. The summed E-state index contributed by atoms with van der Waals surface area (Å²) in [7, 11) is 0. The number of nitrogens with zero attached hydrogens (tertiary/aromatic N) is 1. The number of H-pyrrole nitrogens is 1. The smallest absolute Gasteiger partial charge is 0.291 e. The van der Waals surface area contributed by atoms with E-state index >= 15 is 0 Å². The zero-order chi connectivity index (χ0) is 17.1. The van der Waals surface area contributed by atoms with Crippen LogP contribution in [0.4, 0.5) is 5.82 Å². The van der Waals surface area contributed by atoms with Crippen LogP contribution in [0.2, 0.25) is 0 Å². The Morgan fingerprint density at radius 2 is 1.84 bits per heavy atom. The number of aromatic nitrogens is 1. The number of furan rings is 1. The zero-order valence-electron chi connectivity index (χ0n) is 14.0. The van der Waals surface area contributed by atoms with Gasteiger partial charge in [-0.15, -0.1) is 0 Å². The average Bonchev–Trinajstić information content (AvgIpc) is 3.21. The molecular formula is C21H20N3O+. The lowest BCUT2D eigenvalue weighted by Gasteiger charge is -2.19. The van der Waals surface area contributed by atoms with Crippen LogP contribution in [0.3, 0.4) is 0 Å². The third-order valence-electron chi connectivity index (χ3n) is 4.76. The van der Waals surface area contributed by atoms with E-state index in [1.807, 2.05) is 30.3 Å². The van der Waals surface area contributed by atoms with Gasteiger partial charge < -0.3 is 4.42 Å². The summed E-state index contributed by atoms with van der Waals surface area (Å²) in [5, 5.41) is 13.2. The van der Waals surface area contributed by atoms with E-state index in [2.05, 4.69) is 28.5 Å². The monoisotopic (exact) mass is 330 g/mol. The maximum Gasteiger partial charge on any atom is 0.291 e.